The number of amides is 2. The number of nitrogens with one attached hydrogen (secondary N) is 2. The normalized spacial score (nSPS) is 12.4. The zero-order valence-corrected chi connectivity index (χ0v) is 33.5. The van der Waals surface area contributed by atoms with Crippen LogP contribution in [0.15, 0.2) is 60.7 Å². The molecule has 11 heteroatoms. The minimum absolute atomic E-state index is 0. The van der Waals surface area contributed by atoms with Crippen molar-refractivity contribution in [2.75, 3.05) is 40.5 Å². The van der Waals surface area contributed by atoms with Crippen molar-refractivity contribution in [3.05, 3.63) is 119 Å². The number of aryl methyl sites for hydroxylation is 2. The van der Waals surface area contributed by atoms with Crippen LogP contribution in [0.2, 0.25) is 0 Å². The average Bonchev–Trinajstić information content (AvgIpc) is 3.89. The zero-order chi connectivity index (χ0) is 38.8. The molecule has 0 bridgehead atoms. The maximum absolute atomic E-state index is 13.4. The van der Waals surface area contributed by atoms with Crippen LogP contribution in [-0.4, -0.2) is 52.3 Å². The molecule has 2 aliphatic rings. The molecular weight excluding hydrogens is 720 g/mol. The van der Waals surface area contributed by atoms with Gasteiger partial charge in [-0.05, 0) is 25.7 Å². The SMILES string of the molecule is COCCC(C)(C)C(=O)NCCCc1ccc(F)[c-]c1F.COCCC(C)(C)C(=O)NCCCc1ccc(F)[c-]c1F.[C-]1=CC=CC1.[C-]1=CC=CC1.[Ti+4]. The van der Waals surface area contributed by atoms with Gasteiger partial charge in [0.15, 0.2) is 0 Å². The van der Waals surface area contributed by atoms with Gasteiger partial charge in [-0.15, -0.1) is 48.2 Å². The van der Waals surface area contributed by atoms with Gasteiger partial charge in [0.05, 0.1) is 0 Å². The predicted octanol–water partition coefficient (Wildman–Crippen LogP) is 8.36. The van der Waals surface area contributed by atoms with Crippen LogP contribution in [0, 0.1) is 58.4 Å². The number of halogens is 4. The number of ether oxygens (including phenoxy) is 2. The Balaban J connectivity index is 0.000000791. The van der Waals surface area contributed by atoms with Gasteiger partial charge in [-0.2, -0.15) is 24.3 Å². The van der Waals surface area contributed by atoms with Gasteiger partial charge in [-0.3, -0.25) is 21.7 Å². The van der Waals surface area contributed by atoms with Crippen LogP contribution in [0.3, 0.4) is 0 Å². The first-order chi connectivity index (χ1) is 24.7. The van der Waals surface area contributed by atoms with E-state index in [1.807, 2.05) is 64.1 Å². The molecule has 2 amide bonds. The number of carbonyl (C=O) groups excluding carboxylic acids is 2. The summed E-state index contributed by atoms with van der Waals surface area (Å²) < 4.78 is 62.1. The number of benzene rings is 2. The van der Waals surface area contributed by atoms with E-state index in [4.69, 9.17) is 9.47 Å². The van der Waals surface area contributed by atoms with Crippen LogP contribution < -0.4 is 10.6 Å². The van der Waals surface area contributed by atoms with E-state index in [0.717, 1.165) is 12.8 Å². The van der Waals surface area contributed by atoms with Crippen molar-refractivity contribution in [3.8, 4) is 0 Å². The van der Waals surface area contributed by atoms with Gasteiger partial charge in [0.1, 0.15) is 0 Å². The Kier molecular flexibility index (Phi) is 26.4. The third-order valence-corrected chi connectivity index (χ3v) is 7.96. The second kappa shape index (κ2) is 28.2. The molecule has 2 aliphatic carbocycles. The summed E-state index contributed by atoms with van der Waals surface area (Å²) in [6.07, 6.45) is 23.3. The molecule has 2 aromatic carbocycles. The van der Waals surface area contributed by atoms with Gasteiger partial charge in [0.25, 0.3) is 0 Å². The molecule has 4 rings (SSSR count). The summed E-state index contributed by atoms with van der Waals surface area (Å²) in [4.78, 5) is 24.0. The summed E-state index contributed by atoms with van der Waals surface area (Å²) in [7, 11) is 3.20. The molecule has 0 aromatic heterocycles. The fourth-order valence-corrected chi connectivity index (χ4v) is 4.40. The second-order valence-electron chi connectivity index (χ2n) is 13.3. The van der Waals surface area contributed by atoms with Crippen molar-refractivity contribution in [1.29, 1.82) is 0 Å². The molecule has 0 heterocycles. The van der Waals surface area contributed by atoms with Gasteiger partial charge >= 0.3 is 21.7 Å². The summed E-state index contributed by atoms with van der Waals surface area (Å²) in [5, 5.41) is 5.66. The second-order valence-corrected chi connectivity index (χ2v) is 13.3. The molecule has 0 radical (unpaired) electrons. The van der Waals surface area contributed by atoms with E-state index >= 15 is 0 Å². The van der Waals surface area contributed by atoms with Gasteiger partial charge < -0.3 is 20.1 Å². The van der Waals surface area contributed by atoms with Crippen LogP contribution in [0.5, 0.6) is 0 Å². The molecule has 0 atom stereocenters. The summed E-state index contributed by atoms with van der Waals surface area (Å²) in [6.45, 7) is 9.38. The van der Waals surface area contributed by atoms with Crippen LogP contribution in [0.1, 0.15) is 77.3 Å². The smallest absolute Gasteiger partial charge is 0.385 e. The molecule has 6 nitrogen and oxygen atoms in total. The Morgan fingerprint density at radius 3 is 1.32 bits per heavy atom. The minimum atomic E-state index is -0.704. The van der Waals surface area contributed by atoms with Crippen LogP contribution in [0.25, 0.3) is 0 Å². The van der Waals surface area contributed by atoms with Crippen molar-refractivity contribution in [2.24, 2.45) is 10.8 Å². The first kappa shape index (κ1) is 49.7. The number of rotatable bonds is 16. The topological polar surface area (TPSA) is 76.7 Å². The van der Waals surface area contributed by atoms with E-state index in [9.17, 15) is 27.2 Å². The molecule has 2 N–H and O–H groups in total. The quantitative estimate of drug-likeness (QED) is 0.0779. The standard InChI is InChI=1S/2C16H22F2NO2.2C5H5.Ti/c2*1-16(2,8-10-21-3)15(20)19-9-4-5-12-6-7-13(17)11-14(12)18;2*1-2-4-5-3-1;/h2*6-7H,4-5,8-10H2,1-3H3,(H,19,20);2*1-3H,4H2;/q4*-1;+4. The fourth-order valence-electron chi connectivity index (χ4n) is 4.40. The van der Waals surface area contributed by atoms with Crippen molar-refractivity contribution >= 4 is 11.8 Å². The Hall–Kier alpha value is -3.31. The van der Waals surface area contributed by atoms with E-state index in [1.54, 1.807) is 14.2 Å². The third-order valence-electron chi connectivity index (χ3n) is 7.96. The van der Waals surface area contributed by atoms with Crippen LogP contribution in [-0.2, 0) is 53.6 Å². The Bertz CT molecular complexity index is 1350. The average molecular weight is 775 g/mol. The maximum Gasteiger partial charge on any atom is 4.00 e. The maximum atomic E-state index is 13.4. The molecule has 288 valence electrons. The molecule has 0 fully saturated rings. The minimum Gasteiger partial charge on any atom is -0.385 e. The van der Waals surface area contributed by atoms with Crippen LogP contribution >= 0.6 is 0 Å². The Labute approximate surface area is 329 Å². The fraction of sp³-hybridized carbons (Fsp3) is 0.476. The number of carbonyl (C=O) groups is 2. The number of hydrogen-bond donors (Lipinski definition) is 2. The summed E-state index contributed by atoms with van der Waals surface area (Å²) >= 11 is 0. The van der Waals surface area contributed by atoms with E-state index in [0.29, 0.717) is 76.0 Å². The molecule has 0 spiro atoms. The van der Waals surface area contributed by atoms with Crippen molar-refractivity contribution < 1.29 is 58.3 Å². The number of allylic oxidation sites excluding steroid dienone is 8. The molecule has 0 aliphatic heterocycles. The van der Waals surface area contributed by atoms with E-state index in [-0.39, 0.29) is 33.5 Å². The first-order valence-corrected chi connectivity index (χ1v) is 17.4. The number of methoxy groups -OCH3 is 2. The van der Waals surface area contributed by atoms with Crippen LogP contribution in [0.4, 0.5) is 17.6 Å². The van der Waals surface area contributed by atoms with E-state index in [1.165, 1.54) is 24.3 Å². The van der Waals surface area contributed by atoms with E-state index in [2.05, 4.69) is 34.9 Å². The van der Waals surface area contributed by atoms with Gasteiger partial charge in [-0.1, -0.05) is 40.5 Å². The van der Waals surface area contributed by atoms with Crippen molar-refractivity contribution in [3.63, 3.8) is 0 Å². The Morgan fingerprint density at radius 2 is 1.06 bits per heavy atom. The predicted molar refractivity (Wildman–Crippen MR) is 197 cm³/mol. The molecule has 53 heavy (non-hydrogen) atoms. The number of hydrogen-bond acceptors (Lipinski definition) is 4. The van der Waals surface area contributed by atoms with Crippen molar-refractivity contribution in [2.45, 2.75) is 79.1 Å². The molecule has 0 saturated carbocycles. The van der Waals surface area contributed by atoms with Gasteiger partial charge in [-0.25, -0.2) is 41.9 Å². The molecule has 0 saturated heterocycles. The molecule has 0 unspecified atom stereocenters. The van der Waals surface area contributed by atoms with E-state index < -0.39 is 34.1 Å². The van der Waals surface area contributed by atoms with Crippen molar-refractivity contribution in [1.82, 2.24) is 10.6 Å². The first-order valence-electron chi connectivity index (χ1n) is 17.4. The largest absolute Gasteiger partial charge is 4.00 e. The van der Waals surface area contributed by atoms with Gasteiger partial charge in [0.2, 0.25) is 11.8 Å². The molecular formula is C42H54F4N2O4Ti. The Morgan fingerprint density at radius 1 is 0.679 bits per heavy atom. The van der Waals surface area contributed by atoms with Gasteiger partial charge in [0, 0.05) is 74.6 Å². The zero-order valence-electron chi connectivity index (χ0n) is 31.9. The summed E-state index contributed by atoms with van der Waals surface area (Å²) in [6, 6.07) is 9.19. The third kappa shape index (κ3) is 22.5. The summed E-state index contributed by atoms with van der Waals surface area (Å²) in [5.41, 5.74) is -0.177. The summed E-state index contributed by atoms with van der Waals surface area (Å²) in [5.74, 6) is -2.84. The monoisotopic (exact) mass is 774 g/mol. The molecule has 2 aromatic rings.